The molecule has 1 aromatic rings. The van der Waals surface area contributed by atoms with Crippen molar-refractivity contribution in [2.24, 2.45) is 5.92 Å². The van der Waals surface area contributed by atoms with Gasteiger partial charge in [-0.1, -0.05) is 12.1 Å². The first-order chi connectivity index (χ1) is 8.89. The molecule has 0 aliphatic carbocycles. The van der Waals surface area contributed by atoms with E-state index < -0.39 is 15.8 Å². The predicted molar refractivity (Wildman–Crippen MR) is 72.1 cm³/mol. The number of carboxylic acids is 1. The molecule has 0 amide bonds. The molecule has 0 saturated carbocycles. The zero-order valence-corrected chi connectivity index (χ0v) is 11.6. The average molecular weight is 283 g/mol. The van der Waals surface area contributed by atoms with Crippen molar-refractivity contribution in [3.05, 3.63) is 24.3 Å². The van der Waals surface area contributed by atoms with Crippen LogP contribution in [0.4, 0.5) is 5.69 Å². The molecule has 104 valence electrons. The molecule has 0 aromatic heterocycles. The van der Waals surface area contributed by atoms with Crippen molar-refractivity contribution >= 4 is 21.5 Å². The standard InChI is InChI=1S/C13H17NO4S/c1-19(17,18)12-5-3-2-4-11(12)14-8-6-10(7-9-14)13(15)16/h2-5,10H,6-9H2,1H3,(H,15,16). The van der Waals surface area contributed by atoms with Gasteiger partial charge in [-0.05, 0) is 25.0 Å². The smallest absolute Gasteiger partial charge is 0.306 e. The number of carboxylic acid groups (broad SMARTS) is 1. The first-order valence-electron chi connectivity index (χ1n) is 6.16. The van der Waals surface area contributed by atoms with E-state index in [9.17, 15) is 13.2 Å². The Bertz CT molecular complexity index is 574. The summed E-state index contributed by atoms with van der Waals surface area (Å²) in [5.74, 6) is -1.09. The van der Waals surface area contributed by atoms with Crippen LogP contribution in [0.25, 0.3) is 0 Å². The van der Waals surface area contributed by atoms with E-state index >= 15 is 0 Å². The van der Waals surface area contributed by atoms with Crippen LogP contribution in [0.5, 0.6) is 0 Å². The van der Waals surface area contributed by atoms with Crippen molar-refractivity contribution in [3.63, 3.8) is 0 Å². The minimum absolute atomic E-state index is 0.309. The Hall–Kier alpha value is -1.56. The van der Waals surface area contributed by atoms with Gasteiger partial charge >= 0.3 is 5.97 Å². The van der Waals surface area contributed by atoms with Gasteiger partial charge in [-0.25, -0.2) is 8.42 Å². The van der Waals surface area contributed by atoms with E-state index in [1.165, 1.54) is 6.26 Å². The third kappa shape index (κ3) is 3.07. The largest absolute Gasteiger partial charge is 0.481 e. The highest BCUT2D eigenvalue weighted by Gasteiger charge is 2.26. The first kappa shape index (κ1) is 13.9. The molecule has 1 saturated heterocycles. The summed E-state index contributed by atoms with van der Waals surface area (Å²) < 4.78 is 23.5. The SMILES string of the molecule is CS(=O)(=O)c1ccccc1N1CCC(C(=O)O)CC1. The second kappa shape index (κ2) is 5.21. The van der Waals surface area contributed by atoms with Crippen molar-refractivity contribution in [2.75, 3.05) is 24.2 Å². The molecule has 6 heteroatoms. The second-order valence-electron chi connectivity index (χ2n) is 4.84. The number of benzene rings is 1. The molecule has 5 nitrogen and oxygen atoms in total. The zero-order chi connectivity index (χ0) is 14.0. The van der Waals surface area contributed by atoms with E-state index in [-0.39, 0.29) is 5.92 Å². The van der Waals surface area contributed by atoms with E-state index in [4.69, 9.17) is 5.11 Å². The fraction of sp³-hybridized carbons (Fsp3) is 0.462. The number of piperidine rings is 1. The first-order valence-corrected chi connectivity index (χ1v) is 8.05. The fourth-order valence-corrected chi connectivity index (χ4v) is 3.30. The van der Waals surface area contributed by atoms with E-state index in [0.29, 0.717) is 36.5 Å². The van der Waals surface area contributed by atoms with Gasteiger partial charge in [0, 0.05) is 19.3 Å². The minimum Gasteiger partial charge on any atom is -0.481 e. The van der Waals surface area contributed by atoms with Crippen LogP contribution < -0.4 is 4.90 Å². The molecule has 1 aliphatic heterocycles. The van der Waals surface area contributed by atoms with Crippen molar-refractivity contribution in [2.45, 2.75) is 17.7 Å². The number of rotatable bonds is 3. The van der Waals surface area contributed by atoms with Crippen LogP contribution in [-0.2, 0) is 14.6 Å². The topological polar surface area (TPSA) is 74.7 Å². The Morgan fingerprint density at radius 2 is 1.84 bits per heavy atom. The Balaban J connectivity index is 2.23. The van der Waals surface area contributed by atoms with Crippen LogP contribution in [-0.4, -0.2) is 38.8 Å². The van der Waals surface area contributed by atoms with Gasteiger partial charge in [0.15, 0.2) is 9.84 Å². The van der Waals surface area contributed by atoms with Crippen LogP contribution in [0.3, 0.4) is 0 Å². The third-order valence-electron chi connectivity index (χ3n) is 3.45. The molecule has 1 N–H and O–H groups in total. The normalized spacial score (nSPS) is 17.4. The van der Waals surface area contributed by atoms with Gasteiger partial charge in [-0.3, -0.25) is 4.79 Å². The van der Waals surface area contributed by atoms with Crippen molar-refractivity contribution < 1.29 is 18.3 Å². The van der Waals surface area contributed by atoms with Gasteiger partial charge in [0.25, 0.3) is 0 Å². The van der Waals surface area contributed by atoms with Crippen LogP contribution in [0.2, 0.25) is 0 Å². The minimum atomic E-state index is -3.27. The van der Waals surface area contributed by atoms with Gasteiger partial charge in [0.2, 0.25) is 0 Å². The number of carbonyl (C=O) groups is 1. The van der Waals surface area contributed by atoms with Crippen molar-refractivity contribution in [1.29, 1.82) is 0 Å². The van der Waals surface area contributed by atoms with Gasteiger partial charge in [0.1, 0.15) is 0 Å². The van der Waals surface area contributed by atoms with Crippen LogP contribution in [0, 0.1) is 5.92 Å². The average Bonchev–Trinajstić information content (AvgIpc) is 2.38. The van der Waals surface area contributed by atoms with Crippen molar-refractivity contribution in [1.82, 2.24) is 0 Å². The summed E-state index contributed by atoms with van der Waals surface area (Å²) in [6.45, 7) is 1.15. The number of hydrogen-bond donors (Lipinski definition) is 1. The van der Waals surface area contributed by atoms with E-state index in [2.05, 4.69) is 0 Å². The highest BCUT2D eigenvalue weighted by atomic mass is 32.2. The van der Waals surface area contributed by atoms with E-state index in [1.807, 2.05) is 4.90 Å². The lowest BCUT2D eigenvalue weighted by atomic mass is 9.97. The lowest BCUT2D eigenvalue weighted by Crippen LogP contribution is -2.36. The molecule has 2 rings (SSSR count). The predicted octanol–water partition coefficient (Wildman–Crippen LogP) is 1.39. The quantitative estimate of drug-likeness (QED) is 0.907. The Morgan fingerprint density at radius 1 is 1.26 bits per heavy atom. The summed E-state index contributed by atoms with van der Waals surface area (Å²) in [6.07, 6.45) is 2.29. The molecule has 0 atom stereocenters. The van der Waals surface area contributed by atoms with E-state index in [0.717, 1.165) is 0 Å². The molecular formula is C13H17NO4S. The second-order valence-corrected chi connectivity index (χ2v) is 6.82. The highest BCUT2D eigenvalue weighted by molar-refractivity contribution is 7.90. The summed E-state index contributed by atoms with van der Waals surface area (Å²) >= 11 is 0. The summed E-state index contributed by atoms with van der Waals surface area (Å²) in [5, 5.41) is 8.96. The summed E-state index contributed by atoms with van der Waals surface area (Å²) in [4.78, 5) is 13.2. The molecule has 19 heavy (non-hydrogen) atoms. The zero-order valence-electron chi connectivity index (χ0n) is 10.7. The molecule has 0 radical (unpaired) electrons. The molecular weight excluding hydrogens is 266 g/mol. The highest BCUT2D eigenvalue weighted by Crippen LogP contribution is 2.29. The molecule has 0 bridgehead atoms. The summed E-state index contributed by atoms with van der Waals surface area (Å²) in [7, 11) is -3.27. The number of sulfone groups is 1. The Labute approximate surface area is 112 Å². The van der Waals surface area contributed by atoms with E-state index in [1.54, 1.807) is 24.3 Å². The van der Waals surface area contributed by atoms with Crippen LogP contribution in [0.1, 0.15) is 12.8 Å². The summed E-state index contributed by atoms with van der Waals surface area (Å²) in [5.41, 5.74) is 0.675. The molecule has 1 heterocycles. The third-order valence-corrected chi connectivity index (χ3v) is 4.59. The van der Waals surface area contributed by atoms with Crippen molar-refractivity contribution in [3.8, 4) is 0 Å². The lowest BCUT2D eigenvalue weighted by molar-refractivity contribution is -0.142. The monoisotopic (exact) mass is 283 g/mol. The lowest BCUT2D eigenvalue weighted by Gasteiger charge is -2.32. The fourth-order valence-electron chi connectivity index (χ4n) is 2.40. The molecule has 0 spiro atoms. The number of anilines is 1. The van der Waals surface area contributed by atoms with Gasteiger partial charge < -0.3 is 10.0 Å². The maximum atomic E-state index is 11.7. The number of aliphatic carboxylic acids is 1. The van der Waals surface area contributed by atoms with Gasteiger partial charge in [0.05, 0.1) is 16.5 Å². The Morgan fingerprint density at radius 3 is 2.37 bits per heavy atom. The Kier molecular flexibility index (Phi) is 3.80. The van der Waals surface area contributed by atoms with Crippen LogP contribution in [0.15, 0.2) is 29.2 Å². The maximum absolute atomic E-state index is 11.7. The number of nitrogens with zero attached hydrogens (tertiary/aromatic N) is 1. The molecule has 1 aliphatic rings. The van der Waals surface area contributed by atoms with Gasteiger partial charge in [-0.2, -0.15) is 0 Å². The maximum Gasteiger partial charge on any atom is 0.306 e. The summed E-state index contributed by atoms with van der Waals surface area (Å²) in [6, 6.07) is 6.86. The number of para-hydroxylation sites is 1. The van der Waals surface area contributed by atoms with Crippen LogP contribution >= 0.6 is 0 Å². The molecule has 0 unspecified atom stereocenters. The molecule has 1 aromatic carbocycles. The number of hydrogen-bond acceptors (Lipinski definition) is 4. The van der Waals surface area contributed by atoms with Gasteiger partial charge in [-0.15, -0.1) is 0 Å². The molecule has 1 fully saturated rings.